The first-order valence-corrected chi connectivity index (χ1v) is 3.81. The van der Waals surface area contributed by atoms with E-state index >= 15 is 0 Å². The number of ether oxygens (including phenoxy) is 1. The van der Waals surface area contributed by atoms with Crippen molar-refractivity contribution >= 4 is 5.78 Å². The van der Waals surface area contributed by atoms with Crippen molar-refractivity contribution in [1.29, 1.82) is 0 Å². The lowest BCUT2D eigenvalue weighted by atomic mass is 10.1. The molecule has 0 fully saturated rings. The fourth-order valence-corrected chi connectivity index (χ4v) is 0.971. The lowest BCUT2D eigenvalue weighted by Crippen LogP contribution is -2.22. The maximum Gasteiger partial charge on any atom is 0.454 e. The average molecular weight is 222 g/mol. The highest BCUT2D eigenvalue weighted by atomic mass is 19.4. The van der Waals surface area contributed by atoms with E-state index < -0.39 is 23.3 Å². The highest BCUT2D eigenvalue weighted by molar-refractivity contribution is 6.00. The topological polar surface area (TPSA) is 26.3 Å². The smallest absolute Gasteiger partial charge is 0.454 e. The van der Waals surface area contributed by atoms with E-state index in [9.17, 15) is 22.4 Å². The molecule has 0 N–H and O–H groups in total. The van der Waals surface area contributed by atoms with Crippen molar-refractivity contribution in [1.82, 2.24) is 0 Å². The van der Waals surface area contributed by atoms with Gasteiger partial charge in [-0.15, -0.1) is 0 Å². The molecule has 0 aromatic heterocycles. The highest BCUT2D eigenvalue weighted by Crippen LogP contribution is 2.24. The largest absolute Gasteiger partial charge is 0.494 e. The van der Waals surface area contributed by atoms with Gasteiger partial charge < -0.3 is 4.74 Å². The Morgan fingerprint density at radius 3 is 2.33 bits per heavy atom. The van der Waals surface area contributed by atoms with E-state index in [2.05, 4.69) is 4.74 Å². The molecule has 0 aliphatic heterocycles. The summed E-state index contributed by atoms with van der Waals surface area (Å²) in [5, 5.41) is 0. The summed E-state index contributed by atoms with van der Waals surface area (Å²) in [6, 6.07) is 2.32. The van der Waals surface area contributed by atoms with Crippen LogP contribution in [0.4, 0.5) is 17.6 Å². The summed E-state index contributed by atoms with van der Waals surface area (Å²) in [6.45, 7) is 0. The van der Waals surface area contributed by atoms with Gasteiger partial charge in [0, 0.05) is 5.56 Å². The van der Waals surface area contributed by atoms with Gasteiger partial charge in [0.2, 0.25) is 0 Å². The predicted octanol–water partition coefficient (Wildman–Crippen LogP) is 2.58. The molecular formula is C9H6F4O2. The molecule has 1 rings (SSSR count). The molecule has 0 spiro atoms. The molecule has 82 valence electrons. The maximum absolute atomic E-state index is 13.0. The Kier molecular flexibility index (Phi) is 2.97. The van der Waals surface area contributed by atoms with Crippen LogP contribution in [0, 0.1) is 5.82 Å². The molecule has 0 unspecified atom stereocenters. The third-order valence-electron chi connectivity index (χ3n) is 1.67. The first-order chi connectivity index (χ1) is 6.86. The molecule has 0 saturated heterocycles. The van der Waals surface area contributed by atoms with E-state index in [1.54, 1.807) is 0 Å². The number of benzene rings is 1. The second-order valence-corrected chi connectivity index (χ2v) is 2.68. The number of rotatable bonds is 2. The fourth-order valence-electron chi connectivity index (χ4n) is 0.971. The Morgan fingerprint density at radius 1 is 1.33 bits per heavy atom. The quantitative estimate of drug-likeness (QED) is 0.567. The number of hydrogen-bond donors (Lipinski definition) is 0. The summed E-state index contributed by atoms with van der Waals surface area (Å²) in [5.74, 6) is -3.30. The lowest BCUT2D eigenvalue weighted by Gasteiger charge is -2.06. The number of ketones is 1. The van der Waals surface area contributed by atoms with Gasteiger partial charge in [-0.2, -0.15) is 13.2 Å². The minimum atomic E-state index is -5.00. The Balaban J connectivity index is 3.08. The van der Waals surface area contributed by atoms with Crippen LogP contribution in [0.2, 0.25) is 0 Å². The molecule has 0 aliphatic carbocycles. The average Bonchev–Trinajstić information content (AvgIpc) is 2.15. The van der Waals surface area contributed by atoms with Gasteiger partial charge in [0.25, 0.3) is 5.78 Å². The van der Waals surface area contributed by atoms with Gasteiger partial charge in [0.05, 0.1) is 7.11 Å². The molecule has 2 nitrogen and oxygen atoms in total. The third-order valence-corrected chi connectivity index (χ3v) is 1.67. The second-order valence-electron chi connectivity index (χ2n) is 2.68. The zero-order valence-corrected chi connectivity index (χ0v) is 7.56. The third kappa shape index (κ3) is 2.45. The molecule has 0 heterocycles. The number of carbonyl (C=O) groups is 1. The Bertz CT molecular complexity index is 384. The number of halogens is 4. The van der Waals surface area contributed by atoms with E-state index in [1.807, 2.05) is 0 Å². The van der Waals surface area contributed by atoms with Crippen LogP contribution >= 0.6 is 0 Å². The molecule has 1 aromatic carbocycles. The summed E-state index contributed by atoms with van der Waals surface area (Å²) in [7, 11) is 1.17. The summed E-state index contributed by atoms with van der Waals surface area (Å²) < 4.78 is 53.3. The number of alkyl halides is 3. The number of carbonyl (C=O) groups excluding carboxylic acids is 1. The van der Waals surface area contributed by atoms with Crippen LogP contribution in [0.15, 0.2) is 18.2 Å². The SMILES string of the molecule is COc1ccc(C(=O)C(F)(F)F)cc1F. The molecule has 0 aliphatic rings. The number of hydrogen-bond acceptors (Lipinski definition) is 2. The van der Waals surface area contributed by atoms with E-state index in [1.165, 1.54) is 7.11 Å². The van der Waals surface area contributed by atoms with Crippen molar-refractivity contribution in [2.45, 2.75) is 6.18 Å². The van der Waals surface area contributed by atoms with Crippen molar-refractivity contribution < 1.29 is 27.1 Å². The van der Waals surface area contributed by atoms with Gasteiger partial charge in [0.1, 0.15) is 0 Å². The van der Waals surface area contributed by atoms with E-state index in [0.717, 1.165) is 12.1 Å². The molecule has 0 bridgehead atoms. The number of Topliss-reactive ketones (excluding diaryl/α,β-unsaturated/α-hetero) is 1. The second kappa shape index (κ2) is 3.88. The van der Waals surface area contributed by atoms with E-state index in [0.29, 0.717) is 6.07 Å². The summed E-state index contributed by atoms with van der Waals surface area (Å²) in [4.78, 5) is 10.7. The minimum Gasteiger partial charge on any atom is -0.494 e. The molecule has 0 saturated carbocycles. The molecular weight excluding hydrogens is 216 g/mol. The molecule has 0 amide bonds. The van der Waals surface area contributed by atoms with Crippen LogP contribution in [0.5, 0.6) is 5.75 Å². The number of methoxy groups -OCH3 is 1. The highest BCUT2D eigenvalue weighted by Gasteiger charge is 2.39. The van der Waals surface area contributed by atoms with Gasteiger partial charge >= 0.3 is 6.18 Å². The van der Waals surface area contributed by atoms with Crippen molar-refractivity contribution in [3.63, 3.8) is 0 Å². The first kappa shape index (κ1) is 11.5. The Morgan fingerprint density at radius 2 is 1.93 bits per heavy atom. The van der Waals surface area contributed by atoms with Gasteiger partial charge in [-0.25, -0.2) is 4.39 Å². The summed E-state index contributed by atoms with van der Waals surface area (Å²) in [5.41, 5.74) is -0.749. The van der Waals surface area contributed by atoms with Gasteiger partial charge in [-0.3, -0.25) is 4.79 Å². The van der Waals surface area contributed by atoms with Crippen LogP contribution in [-0.2, 0) is 0 Å². The molecule has 0 atom stereocenters. The monoisotopic (exact) mass is 222 g/mol. The van der Waals surface area contributed by atoms with Gasteiger partial charge in [-0.1, -0.05) is 0 Å². The lowest BCUT2D eigenvalue weighted by molar-refractivity contribution is -0.0885. The zero-order valence-electron chi connectivity index (χ0n) is 7.56. The van der Waals surface area contributed by atoms with Crippen molar-refractivity contribution in [3.05, 3.63) is 29.6 Å². The first-order valence-electron chi connectivity index (χ1n) is 3.81. The molecule has 0 radical (unpaired) electrons. The zero-order chi connectivity index (χ0) is 11.6. The summed E-state index contributed by atoms with van der Waals surface area (Å²) in [6.07, 6.45) is -5.00. The standard InChI is InChI=1S/C9H6F4O2/c1-15-7-3-2-5(4-6(7)10)8(14)9(11,12)13/h2-4H,1H3. The molecule has 1 aromatic rings. The summed E-state index contributed by atoms with van der Waals surface area (Å²) >= 11 is 0. The predicted molar refractivity (Wildman–Crippen MR) is 43.3 cm³/mol. The normalized spacial score (nSPS) is 11.3. The van der Waals surface area contributed by atoms with Crippen LogP contribution in [0.25, 0.3) is 0 Å². The van der Waals surface area contributed by atoms with Crippen LogP contribution in [0.1, 0.15) is 10.4 Å². The Labute approximate surface area is 82.5 Å². The van der Waals surface area contributed by atoms with Gasteiger partial charge in [0.15, 0.2) is 11.6 Å². The van der Waals surface area contributed by atoms with Crippen LogP contribution in [-0.4, -0.2) is 19.1 Å². The van der Waals surface area contributed by atoms with Crippen molar-refractivity contribution in [2.24, 2.45) is 0 Å². The van der Waals surface area contributed by atoms with Gasteiger partial charge in [-0.05, 0) is 18.2 Å². The van der Waals surface area contributed by atoms with Crippen LogP contribution < -0.4 is 4.74 Å². The van der Waals surface area contributed by atoms with E-state index in [4.69, 9.17) is 0 Å². The van der Waals surface area contributed by atoms with Crippen molar-refractivity contribution in [2.75, 3.05) is 7.11 Å². The molecule has 6 heteroatoms. The Hall–Kier alpha value is -1.59. The van der Waals surface area contributed by atoms with Crippen LogP contribution in [0.3, 0.4) is 0 Å². The minimum absolute atomic E-state index is 0.214. The van der Waals surface area contributed by atoms with E-state index in [-0.39, 0.29) is 5.75 Å². The maximum atomic E-state index is 13.0. The fraction of sp³-hybridized carbons (Fsp3) is 0.222. The van der Waals surface area contributed by atoms with Crippen molar-refractivity contribution in [3.8, 4) is 5.75 Å². The molecule has 15 heavy (non-hydrogen) atoms.